The molecule has 3 unspecified atom stereocenters. The minimum Gasteiger partial charge on any atom is -0.286 e. The van der Waals surface area contributed by atoms with Gasteiger partial charge in [0.1, 0.15) is 17.3 Å². The van der Waals surface area contributed by atoms with Crippen LogP contribution in [0.5, 0.6) is 0 Å². The molecule has 0 saturated heterocycles. The van der Waals surface area contributed by atoms with Crippen LogP contribution in [0.25, 0.3) is 11.3 Å². The molecule has 134 valence electrons. The topological polar surface area (TPSA) is 71.6 Å². The number of halogens is 1. The number of alkyl halides is 1. The number of aromatic nitrogens is 3. The molecule has 1 aliphatic heterocycles. The van der Waals surface area contributed by atoms with Crippen LogP contribution in [0.4, 0.5) is 4.39 Å². The predicted molar refractivity (Wildman–Crippen MR) is 97.8 cm³/mol. The highest BCUT2D eigenvalue weighted by Gasteiger charge is 2.64. The molecule has 0 amide bonds. The second-order valence-electron chi connectivity index (χ2n) is 7.70. The third kappa shape index (κ3) is 2.47. The summed E-state index contributed by atoms with van der Waals surface area (Å²) in [7, 11) is 0. The fourth-order valence-corrected chi connectivity index (χ4v) is 4.54. The number of pyridine rings is 1. The summed E-state index contributed by atoms with van der Waals surface area (Å²) in [5.74, 6) is 1.25. The van der Waals surface area contributed by atoms with Crippen LogP contribution in [0.3, 0.4) is 0 Å². The first-order chi connectivity index (χ1) is 12.3. The van der Waals surface area contributed by atoms with Crippen LogP contribution in [-0.2, 0) is 12.0 Å². The molecule has 0 bridgehead atoms. The van der Waals surface area contributed by atoms with Gasteiger partial charge in [0.15, 0.2) is 5.16 Å². The van der Waals surface area contributed by atoms with Gasteiger partial charge in [-0.15, -0.1) is 0 Å². The van der Waals surface area contributed by atoms with E-state index in [2.05, 4.69) is 16.9 Å². The molecule has 0 radical (unpaired) electrons. The van der Waals surface area contributed by atoms with Gasteiger partial charge in [0.2, 0.25) is 0 Å². The summed E-state index contributed by atoms with van der Waals surface area (Å²) in [6.45, 7) is 6.09. The second-order valence-corrected chi connectivity index (χ2v) is 8.69. The van der Waals surface area contributed by atoms with E-state index >= 15 is 0 Å². The van der Waals surface area contributed by atoms with Crippen molar-refractivity contribution in [1.29, 1.82) is 5.26 Å². The van der Waals surface area contributed by atoms with Crippen molar-refractivity contribution in [3.63, 3.8) is 0 Å². The molecule has 3 heterocycles. The minimum atomic E-state index is -1.24. The first kappa shape index (κ1) is 17.2. The van der Waals surface area contributed by atoms with E-state index in [0.717, 1.165) is 5.75 Å². The standard InChI is InChI=1S/C19H19FN4OS/c1-11-8-24-16(25)13(6-21)15(23-17(24)26-9-11)12-4-5-14(22-7-12)18(2)10-19(18,3)20/h4-5,7,11H,8-10H2,1-3H3. The molecule has 0 spiro atoms. The molecule has 26 heavy (non-hydrogen) atoms. The highest BCUT2D eigenvalue weighted by atomic mass is 32.2. The average Bonchev–Trinajstić information content (AvgIpc) is 3.14. The van der Waals surface area contributed by atoms with E-state index in [-0.39, 0.29) is 11.1 Å². The monoisotopic (exact) mass is 370 g/mol. The van der Waals surface area contributed by atoms with Crippen LogP contribution in [0.2, 0.25) is 0 Å². The van der Waals surface area contributed by atoms with Gasteiger partial charge in [-0.1, -0.05) is 25.6 Å². The van der Waals surface area contributed by atoms with Crippen molar-refractivity contribution in [2.24, 2.45) is 5.92 Å². The molecule has 2 aromatic heterocycles. The van der Waals surface area contributed by atoms with Gasteiger partial charge in [0.25, 0.3) is 5.56 Å². The van der Waals surface area contributed by atoms with Crippen LogP contribution < -0.4 is 5.56 Å². The van der Waals surface area contributed by atoms with Crippen LogP contribution in [0.15, 0.2) is 28.3 Å². The Labute approximate surface area is 155 Å². The molecular weight excluding hydrogens is 351 g/mol. The maximum absolute atomic E-state index is 14.2. The third-order valence-corrected chi connectivity index (χ3v) is 6.86. The lowest BCUT2D eigenvalue weighted by atomic mass is 9.99. The van der Waals surface area contributed by atoms with Crippen LogP contribution in [0.1, 0.15) is 38.4 Å². The van der Waals surface area contributed by atoms with Crippen molar-refractivity contribution in [3.8, 4) is 17.3 Å². The van der Waals surface area contributed by atoms with E-state index in [1.165, 1.54) is 11.8 Å². The highest BCUT2D eigenvalue weighted by molar-refractivity contribution is 7.99. The molecule has 7 heteroatoms. The predicted octanol–water partition coefficient (Wildman–Crippen LogP) is 3.31. The summed E-state index contributed by atoms with van der Waals surface area (Å²) in [4.78, 5) is 21.7. The van der Waals surface area contributed by atoms with Gasteiger partial charge in [-0.2, -0.15) is 5.26 Å². The molecule has 1 saturated carbocycles. The van der Waals surface area contributed by atoms with Gasteiger partial charge < -0.3 is 0 Å². The van der Waals surface area contributed by atoms with E-state index in [1.54, 1.807) is 29.8 Å². The zero-order chi connectivity index (χ0) is 18.7. The summed E-state index contributed by atoms with van der Waals surface area (Å²) in [5, 5.41) is 10.1. The Balaban J connectivity index is 1.78. The van der Waals surface area contributed by atoms with Crippen molar-refractivity contribution in [1.82, 2.24) is 14.5 Å². The van der Waals surface area contributed by atoms with Gasteiger partial charge in [-0.25, -0.2) is 9.37 Å². The smallest absolute Gasteiger partial charge is 0.272 e. The van der Waals surface area contributed by atoms with Crippen molar-refractivity contribution < 1.29 is 4.39 Å². The summed E-state index contributed by atoms with van der Waals surface area (Å²) in [5.41, 5.74) is -0.438. The maximum atomic E-state index is 14.2. The molecule has 3 atom stereocenters. The Hall–Kier alpha value is -2.20. The number of fused-ring (bicyclic) bond motifs is 1. The minimum absolute atomic E-state index is 0.0333. The van der Waals surface area contributed by atoms with Crippen molar-refractivity contribution in [2.45, 2.75) is 50.0 Å². The average molecular weight is 370 g/mol. The summed E-state index contributed by atoms with van der Waals surface area (Å²) in [6.07, 6.45) is 2.04. The largest absolute Gasteiger partial charge is 0.286 e. The first-order valence-electron chi connectivity index (χ1n) is 8.60. The molecule has 4 rings (SSSR count). The molecule has 2 aromatic rings. The maximum Gasteiger partial charge on any atom is 0.272 e. The number of hydrogen-bond acceptors (Lipinski definition) is 5. The van der Waals surface area contributed by atoms with E-state index < -0.39 is 11.1 Å². The lowest BCUT2D eigenvalue weighted by Gasteiger charge is -2.22. The van der Waals surface area contributed by atoms with Crippen molar-refractivity contribution in [3.05, 3.63) is 39.9 Å². The molecule has 1 aliphatic carbocycles. The summed E-state index contributed by atoms with van der Waals surface area (Å²) in [6, 6.07) is 5.55. The normalized spacial score (nSPS) is 29.7. The van der Waals surface area contributed by atoms with Gasteiger partial charge in [-0.3, -0.25) is 14.3 Å². The van der Waals surface area contributed by atoms with Crippen molar-refractivity contribution >= 4 is 11.8 Å². The van der Waals surface area contributed by atoms with E-state index in [9.17, 15) is 14.4 Å². The zero-order valence-electron chi connectivity index (χ0n) is 14.9. The Morgan fingerprint density at radius 1 is 1.42 bits per heavy atom. The quantitative estimate of drug-likeness (QED) is 0.759. The first-order valence-corrected chi connectivity index (χ1v) is 9.59. The Bertz CT molecular complexity index is 992. The van der Waals surface area contributed by atoms with Gasteiger partial charge in [0.05, 0.1) is 5.69 Å². The van der Waals surface area contributed by atoms with E-state index in [1.807, 2.05) is 13.0 Å². The summed E-state index contributed by atoms with van der Waals surface area (Å²) >= 11 is 1.53. The van der Waals surface area contributed by atoms with Crippen molar-refractivity contribution in [2.75, 3.05) is 5.75 Å². The number of hydrogen-bond donors (Lipinski definition) is 0. The second kappa shape index (κ2) is 5.65. The fraction of sp³-hybridized carbons (Fsp3) is 0.474. The number of thioether (sulfide) groups is 1. The van der Waals surface area contributed by atoms with Crippen LogP contribution >= 0.6 is 11.8 Å². The molecular formula is C19H19FN4OS. The SMILES string of the molecule is CC1CSc2nc(-c3ccc(C4(C)CC4(C)F)nc3)c(C#N)c(=O)n2C1. The van der Waals surface area contributed by atoms with Gasteiger partial charge in [-0.05, 0) is 31.4 Å². The Morgan fingerprint density at radius 2 is 2.15 bits per heavy atom. The Kier molecular flexibility index (Phi) is 3.74. The third-order valence-electron chi connectivity index (χ3n) is 5.55. The van der Waals surface area contributed by atoms with Gasteiger partial charge in [0, 0.05) is 35.2 Å². The molecule has 0 N–H and O–H groups in total. The van der Waals surface area contributed by atoms with E-state index in [4.69, 9.17) is 0 Å². The lowest BCUT2D eigenvalue weighted by Crippen LogP contribution is -2.32. The highest BCUT2D eigenvalue weighted by Crippen LogP contribution is 2.59. The fourth-order valence-electron chi connectivity index (χ4n) is 3.53. The van der Waals surface area contributed by atoms with Crippen LogP contribution in [0, 0.1) is 17.2 Å². The zero-order valence-corrected chi connectivity index (χ0v) is 15.7. The number of rotatable bonds is 2. The molecule has 0 aromatic carbocycles. The number of nitriles is 1. The molecule has 1 fully saturated rings. The summed E-state index contributed by atoms with van der Waals surface area (Å²) < 4.78 is 15.8. The lowest BCUT2D eigenvalue weighted by molar-refractivity contribution is 0.295. The Morgan fingerprint density at radius 3 is 2.73 bits per heavy atom. The molecule has 2 aliphatic rings. The van der Waals surface area contributed by atoms with Gasteiger partial charge >= 0.3 is 0 Å². The van der Waals surface area contributed by atoms with E-state index in [0.29, 0.717) is 41.0 Å². The van der Waals surface area contributed by atoms with Crippen LogP contribution in [-0.4, -0.2) is 26.0 Å². The molecule has 5 nitrogen and oxygen atoms in total. The number of nitrogens with zero attached hydrogens (tertiary/aromatic N) is 4.